The molecule has 1 aromatic heterocycles. The van der Waals surface area contributed by atoms with E-state index in [4.69, 9.17) is 0 Å². The van der Waals surface area contributed by atoms with Gasteiger partial charge in [0.15, 0.2) is 0 Å². The summed E-state index contributed by atoms with van der Waals surface area (Å²) in [7, 11) is 0. The van der Waals surface area contributed by atoms with Crippen LogP contribution in [0, 0.1) is 5.21 Å². The van der Waals surface area contributed by atoms with Gasteiger partial charge in [-0.05, 0) is 44.6 Å². The van der Waals surface area contributed by atoms with Crippen LogP contribution in [0.4, 0.5) is 0 Å². The second kappa shape index (κ2) is 5.34. The fourth-order valence-corrected chi connectivity index (χ4v) is 4.43. The number of hydrogen-bond donors (Lipinski definition) is 3. The van der Waals surface area contributed by atoms with Crippen molar-refractivity contribution in [3.63, 3.8) is 0 Å². The first-order valence-electron chi connectivity index (χ1n) is 7.45. The number of allylic oxidation sites excluding steroid dienone is 1. The third-order valence-corrected chi connectivity index (χ3v) is 5.51. The first kappa shape index (κ1) is 15.5. The van der Waals surface area contributed by atoms with E-state index in [1.54, 1.807) is 6.08 Å². The molecule has 1 aromatic rings. The Labute approximate surface area is 133 Å². The van der Waals surface area contributed by atoms with E-state index < -0.39 is 11.2 Å². The van der Waals surface area contributed by atoms with E-state index >= 15 is 0 Å². The van der Waals surface area contributed by atoms with Gasteiger partial charge in [-0.25, -0.2) is 0 Å². The van der Waals surface area contributed by atoms with Crippen LogP contribution in [0.3, 0.4) is 0 Å². The number of rotatable bonds is 2. The van der Waals surface area contributed by atoms with Crippen molar-refractivity contribution < 1.29 is 15.2 Å². The second-order valence-corrected chi connectivity index (χ2v) is 7.23. The third kappa shape index (κ3) is 1.93. The Morgan fingerprint density at radius 2 is 2.18 bits per heavy atom. The Bertz CT molecular complexity index is 624. The first-order chi connectivity index (χ1) is 10.5. The summed E-state index contributed by atoms with van der Waals surface area (Å²) < 4.78 is 0.874. The van der Waals surface area contributed by atoms with Gasteiger partial charge in [0.1, 0.15) is 11.2 Å². The zero-order valence-electron chi connectivity index (χ0n) is 12.7. The lowest BCUT2D eigenvalue weighted by atomic mass is 9.95. The molecule has 0 saturated heterocycles. The first-order valence-corrected chi connectivity index (χ1v) is 8.33. The maximum absolute atomic E-state index is 13.2. The lowest BCUT2D eigenvalue weighted by Crippen LogP contribution is -2.57. The predicted molar refractivity (Wildman–Crippen MR) is 84.0 cm³/mol. The van der Waals surface area contributed by atoms with Crippen LogP contribution in [0.25, 0.3) is 0 Å². The highest BCUT2D eigenvalue weighted by Crippen LogP contribution is 2.43. The Morgan fingerprint density at radius 3 is 2.82 bits per heavy atom. The number of nitrogens with one attached hydrogen (secondary N) is 1. The molecule has 0 bridgehead atoms. The second-order valence-electron chi connectivity index (χ2n) is 6.28. The quantitative estimate of drug-likeness (QED) is 0.443. The molecule has 0 amide bonds. The zero-order valence-corrected chi connectivity index (χ0v) is 13.6. The summed E-state index contributed by atoms with van der Waals surface area (Å²) in [4.78, 5) is 0.831. The third-order valence-electron chi connectivity index (χ3n) is 4.63. The van der Waals surface area contributed by atoms with Gasteiger partial charge in [-0.1, -0.05) is 12.1 Å². The number of thiophene rings is 1. The minimum Gasteiger partial charge on any atom is -0.622 e. The van der Waals surface area contributed by atoms with Gasteiger partial charge in [0.2, 0.25) is 5.71 Å². The van der Waals surface area contributed by atoms with Crippen LogP contribution in [-0.4, -0.2) is 37.1 Å². The smallest absolute Gasteiger partial charge is 0.293 e. The van der Waals surface area contributed by atoms with Gasteiger partial charge in [0, 0.05) is 6.42 Å². The van der Waals surface area contributed by atoms with Crippen molar-refractivity contribution >= 4 is 17.0 Å². The SMILES string of the molecule is CC1(C)C(c2cccs2)=[N+]([O-])C2(CCCCC=C2NO)N1O. The minimum absolute atomic E-state index is 0.349. The largest absolute Gasteiger partial charge is 0.622 e. The van der Waals surface area contributed by atoms with Crippen molar-refractivity contribution in [3.05, 3.63) is 39.4 Å². The number of hydrogen-bond acceptors (Lipinski definition) is 6. The Balaban J connectivity index is 2.23. The molecular formula is C15H21N3O3S. The molecule has 120 valence electrons. The predicted octanol–water partition coefficient (Wildman–Crippen LogP) is 2.66. The summed E-state index contributed by atoms with van der Waals surface area (Å²) in [6.07, 6.45) is 4.73. The summed E-state index contributed by atoms with van der Waals surface area (Å²) in [5.41, 5.74) is 0.868. The fourth-order valence-electron chi connectivity index (χ4n) is 3.52. The monoisotopic (exact) mass is 323 g/mol. The van der Waals surface area contributed by atoms with Crippen molar-refractivity contribution in [2.45, 2.75) is 50.7 Å². The van der Waals surface area contributed by atoms with Crippen molar-refractivity contribution in [3.8, 4) is 0 Å². The lowest BCUT2D eigenvalue weighted by molar-refractivity contribution is -0.581. The number of hydroxylamine groups is 4. The van der Waals surface area contributed by atoms with E-state index in [2.05, 4.69) is 5.48 Å². The zero-order chi connectivity index (χ0) is 16.0. The van der Waals surface area contributed by atoms with Gasteiger partial charge in [-0.2, -0.15) is 4.74 Å². The van der Waals surface area contributed by atoms with Crippen molar-refractivity contribution in [1.82, 2.24) is 10.5 Å². The van der Waals surface area contributed by atoms with E-state index in [-0.39, 0.29) is 0 Å². The Hall–Kier alpha value is -1.41. The van der Waals surface area contributed by atoms with Gasteiger partial charge in [0.25, 0.3) is 5.66 Å². The van der Waals surface area contributed by atoms with Crippen LogP contribution >= 0.6 is 11.3 Å². The molecule has 3 N–H and O–H groups in total. The summed E-state index contributed by atoms with van der Waals surface area (Å²) in [5.74, 6) is 0. The van der Waals surface area contributed by atoms with Gasteiger partial charge >= 0.3 is 0 Å². The van der Waals surface area contributed by atoms with Gasteiger partial charge in [0.05, 0.1) is 4.88 Å². The van der Waals surface area contributed by atoms with Crippen molar-refractivity contribution in [2.24, 2.45) is 0 Å². The van der Waals surface area contributed by atoms with E-state index in [9.17, 15) is 15.6 Å². The normalized spacial score (nSPS) is 28.8. The van der Waals surface area contributed by atoms with Gasteiger partial charge in [-0.3, -0.25) is 10.7 Å². The average Bonchev–Trinajstić information content (AvgIpc) is 2.96. The molecule has 2 heterocycles. The highest BCUT2D eigenvalue weighted by atomic mass is 32.1. The topological polar surface area (TPSA) is 81.8 Å². The molecule has 3 rings (SSSR count). The van der Waals surface area contributed by atoms with Crippen LogP contribution in [0.1, 0.15) is 44.4 Å². The van der Waals surface area contributed by atoms with Crippen LogP contribution in [-0.2, 0) is 0 Å². The summed E-state index contributed by atoms with van der Waals surface area (Å²) in [5, 5.41) is 36.6. The average molecular weight is 323 g/mol. The summed E-state index contributed by atoms with van der Waals surface area (Å²) >= 11 is 1.47. The molecule has 1 aliphatic heterocycles. The Kier molecular flexibility index (Phi) is 3.76. The highest BCUT2D eigenvalue weighted by molar-refractivity contribution is 7.12. The molecule has 1 aliphatic carbocycles. The molecule has 0 saturated carbocycles. The minimum atomic E-state index is -1.30. The fraction of sp³-hybridized carbons (Fsp3) is 0.533. The maximum Gasteiger partial charge on any atom is 0.293 e. The molecule has 2 aliphatic rings. The standard InChI is InChI=1S/C15H21N3O3S/c1-14(2)13(11-7-6-10-22-11)17(20)15(18(14)21)9-5-3-4-8-12(15)16-19/h6-8,10,16,19,21H,3-5,9H2,1-2H3. The van der Waals surface area contributed by atoms with Crippen LogP contribution in [0.2, 0.25) is 0 Å². The molecule has 0 radical (unpaired) electrons. The molecule has 6 nitrogen and oxygen atoms in total. The van der Waals surface area contributed by atoms with Gasteiger partial charge < -0.3 is 10.4 Å². The maximum atomic E-state index is 13.2. The molecule has 1 unspecified atom stereocenters. The Morgan fingerprint density at radius 1 is 1.41 bits per heavy atom. The lowest BCUT2D eigenvalue weighted by Gasteiger charge is -2.36. The van der Waals surface area contributed by atoms with E-state index in [0.29, 0.717) is 17.8 Å². The van der Waals surface area contributed by atoms with Crippen LogP contribution in [0.15, 0.2) is 29.3 Å². The summed E-state index contributed by atoms with van der Waals surface area (Å²) in [6, 6.07) is 3.77. The van der Waals surface area contributed by atoms with Crippen LogP contribution < -0.4 is 5.48 Å². The molecule has 7 heteroatoms. The highest BCUT2D eigenvalue weighted by Gasteiger charge is 2.64. The molecule has 1 atom stereocenters. The molecule has 0 fully saturated rings. The van der Waals surface area contributed by atoms with E-state index in [1.807, 2.05) is 31.4 Å². The molecule has 22 heavy (non-hydrogen) atoms. The van der Waals surface area contributed by atoms with Gasteiger partial charge in [-0.15, -0.1) is 16.4 Å². The molecule has 1 spiro atoms. The number of nitrogens with zero attached hydrogens (tertiary/aromatic N) is 2. The van der Waals surface area contributed by atoms with Crippen molar-refractivity contribution in [2.75, 3.05) is 0 Å². The van der Waals surface area contributed by atoms with Crippen molar-refractivity contribution in [1.29, 1.82) is 0 Å². The van der Waals surface area contributed by atoms with Crippen LogP contribution in [0.5, 0.6) is 0 Å². The van der Waals surface area contributed by atoms with E-state index in [0.717, 1.165) is 33.9 Å². The molecule has 0 aromatic carbocycles. The molecular weight excluding hydrogens is 302 g/mol. The summed E-state index contributed by atoms with van der Waals surface area (Å²) in [6.45, 7) is 3.64. The van der Waals surface area contributed by atoms with E-state index in [1.165, 1.54) is 11.3 Å².